The van der Waals surface area contributed by atoms with E-state index in [0.29, 0.717) is 11.9 Å². The van der Waals surface area contributed by atoms with E-state index in [-0.39, 0.29) is 5.41 Å². The van der Waals surface area contributed by atoms with Gasteiger partial charge in [-0.15, -0.1) is 11.3 Å². The summed E-state index contributed by atoms with van der Waals surface area (Å²) in [5.41, 5.74) is 1.05. The number of thiophene rings is 2. The third kappa shape index (κ3) is 2.52. The van der Waals surface area contributed by atoms with Crippen molar-refractivity contribution >= 4 is 28.6 Å². The predicted octanol–water partition coefficient (Wildman–Crippen LogP) is 4.81. The molecule has 2 saturated carbocycles. The van der Waals surface area contributed by atoms with Crippen molar-refractivity contribution in [2.45, 2.75) is 56.5 Å². The number of rotatable bonds is 5. The number of hydrogen-bond acceptors (Lipinski definition) is 3. The van der Waals surface area contributed by atoms with Gasteiger partial charge in [0.1, 0.15) is 0 Å². The Morgan fingerprint density at radius 2 is 2.05 bits per heavy atom. The van der Waals surface area contributed by atoms with Crippen molar-refractivity contribution in [3.8, 4) is 0 Å². The molecule has 22 heavy (non-hydrogen) atoms. The third-order valence-corrected chi connectivity index (χ3v) is 6.85. The van der Waals surface area contributed by atoms with Crippen LogP contribution in [0, 0.1) is 0 Å². The van der Waals surface area contributed by atoms with Crippen LogP contribution in [0.15, 0.2) is 34.3 Å². The van der Waals surface area contributed by atoms with Crippen molar-refractivity contribution < 1.29 is 4.79 Å². The van der Waals surface area contributed by atoms with Crippen LogP contribution in [0.25, 0.3) is 0 Å². The highest BCUT2D eigenvalue weighted by atomic mass is 32.1. The first-order valence-corrected chi connectivity index (χ1v) is 9.98. The summed E-state index contributed by atoms with van der Waals surface area (Å²) in [6.07, 6.45) is 6.77. The molecule has 2 fully saturated rings. The van der Waals surface area contributed by atoms with Crippen LogP contribution in [0.4, 0.5) is 0 Å². The van der Waals surface area contributed by atoms with Crippen molar-refractivity contribution in [3.63, 3.8) is 0 Å². The Labute approximate surface area is 139 Å². The van der Waals surface area contributed by atoms with Gasteiger partial charge in [0, 0.05) is 17.5 Å². The van der Waals surface area contributed by atoms with Crippen LogP contribution < -0.4 is 0 Å². The summed E-state index contributed by atoms with van der Waals surface area (Å²) < 4.78 is 0. The number of nitrogens with zero attached hydrogens (tertiary/aromatic N) is 1. The first-order chi connectivity index (χ1) is 10.8. The summed E-state index contributed by atoms with van der Waals surface area (Å²) in [7, 11) is 0. The number of carbonyl (C=O) groups is 1. The van der Waals surface area contributed by atoms with Gasteiger partial charge < -0.3 is 4.90 Å². The first-order valence-electron chi connectivity index (χ1n) is 8.16. The van der Waals surface area contributed by atoms with E-state index in [1.165, 1.54) is 36.1 Å². The molecule has 4 heteroatoms. The topological polar surface area (TPSA) is 20.3 Å². The van der Waals surface area contributed by atoms with Crippen LogP contribution in [0.5, 0.6) is 0 Å². The van der Waals surface area contributed by atoms with Crippen LogP contribution >= 0.6 is 22.7 Å². The molecular formula is C18H21NOS2. The molecule has 0 bridgehead atoms. The van der Waals surface area contributed by atoms with E-state index < -0.39 is 0 Å². The molecule has 2 aromatic heterocycles. The van der Waals surface area contributed by atoms with Gasteiger partial charge in [-0.25, -0.2) is 0 Å². The van der Waals surface area contributed by atoms with Crippen molar-refractivity contribution in [2.75, 3.05) is 0 Å². The second kappa shape index (κ2) is 5.82. The van der Waals surface area contributed by atoms with Crippen molar-refractivity contribution in [1.82, 2.24) is 4.90 Å². The summed E-state index contributed by atoms with van der Waals surface area (Å²) in [6, 6.07) is 6.89. The molecule has 116 valence electrons. The van der Waals surface area contributed by atoms with Crippen LogP contribution in [0.2, 0.25) is 0 Å². The number of amides is 1. The van der Waals surface area contributed by atoms with Gasteiger partial charge in [0.2, 0.25) is 5.91 Å². The zero-order valence-electron chi connectivity index (χ0n) is 12.7. The summed E-state index contributed by atoms with van der Waals surface area (Å²) in [5, 5.41) is 6.40. The third-order valence-electron chi connectivity index (χ3n) is 5.04. The molecule has 2 heterocycles. The highest BCUT2D eigenvalue weighted by Crippen LogP contribution is 2.46. The fourth-order valence-electron chi connectivity index (χ4n) is 3.70. The van der Waals surface area contributed by atoms with Gasteiger partial charge in [-0.1, -0.05) is 18.9 Å². The largest absolute Gasteiger partial charge is 0.335 e. The van der Waals surface area contributed by atoms with Crippen molar-refractivity contribution in [3.05, 3.63) is 44.8 Å². The van der Waals surface area contributed by atoms with Gasteiger partial charge in [-0.05, 0) is 59.5 Å². The van der Waals surface area contributed by atoms with Crippen LogP contribution in [-0.4, -0.2) is 16.8 Å². The Kier molecular flexibility index (Phi) is 3.82. The molecule has 0 saturated heterocycles. The van der Waals surface area contributed by atoms with E-state index in [1.54, 1.807) is 22.7 Å². The highest BCUT2D eigenvalue weighted by Gasteiger charge is 2.48. The molecule has 0 spiro atoms. The SMILES string of the molecule is O=C(N(Cc1ccsc1)C1CC1)C1(c2cccs2)CCCC1. The summed E-state index contributed by atoms with van der Waals surface area (Å²) in [4.78, 5) is 17.0. The van der Waals surface area contributed by atoms with Crippen molar-refractivity contribution in [1.29, 1.82) is 0 Å². The second-order valence-corrected chi connectivity index (χ2v) is 8.29. The smallest absolute Gasteiger partial charge is 0.234 e. The van der Waals surface area contributed by atoms with Gasteiger partial charge in [0.25, 0.3) is 0 Å². The molecule has 0 unspecified atom stereocenters. The maximum Gasteiger partial charge on any atom is 0.234 e. The van der Waals surface area contributed by atoms with E-state index in [4.69, 9.17) is 0 Å². The maximum atomic E-state index is 13.5. The quantitative estimate of drug-likeness (QED) is 0.770. The van der Waals surface area contributed by atoms with Gasteiger partial charge in [-0.2, -0.15) is 11.3 Å². The maximum absolute atomic E-state index is 13.5. The van der Waals surface area contributed by atoms with Crippen LogP contribution in [0.3, 0.4) is 0 Å². The minimum atomic E-state index is -0.229. The lowest BCUT2D eigenvalue weighted by atomic mass is 9.82. The van der Waals surface area contributed by atoms with E-state index in [2.05, 4.69) is 39.2 Å². The molecule has 0 aliphatic heterocycles. The Balaban J connectivity index is 1.64. The Morgan fingerprint density at radius 3 is 2.64 bits per heavy atom. The van der Waals surface area contributed by atoms with E-state index in [0.717, 1.165) is 19.4 Å². The lowest BCUT2D eigenvalue weighted by molar-refractivity contribution is -0.138. The molecule has 4 rings (SSSR count). The average Bonchev–Trinajstić information content (AvgIpc) is 3.01. The normalized spacial score (nSPS) is 20.2. The molecule has 1 amide bonds. The lowest BCUT2D eigenvalue weighted by Crippen LogP contribution is -2.45. The Hall–Kier alpha value is -1.13. The van der Waals surface area contributed by atoms with Crippen LogP contribution in [0.1, 0.15) is 49.0 Å². The molecule has 2 aliphatic rings. The molecule has 0 radical (unpaired) electrons. The molecular weight excluding hydrogens is 310 g/mol. The molecule has 2 nitrogen and oxygen atoms in total. The zero-order valence-corrected chi connectivity index (χ0v) is 14.3. The molecule has 2 aromatic rings. The Bertz CT molecular complexity index is 622. The number of hydrogen-bond donors (Lipinski definition) is 0. The van der Waals surface area contributed by atoms with Gasteiger partial charge >= 0.3 is 0 Å². The van der Waals surface area contributed by atoms with Gasteiger partial charge in [0.15, 0.2) is 0 Å². The molecule has 0 atom stereocenters. The minimum absolute atomic E-state index is 0.229. The second-order valence-electron chi connectivity index (χ2n) is 6.56. The first kappa shape index (κ1) is 14.5. The van der Waals surface area contributed by atoms with E-state index in [9.17, 15) is 4.79 Å². The van der Waals surface area contributed by atoms with Gasteiger partial charge in [0.05, 0.1) is 5.41 Å². The average molecular weight is 332 g/mol. The number of carbonyl (C=O) groups excluding carboxylic acids is 1. The monoisotopic (exact) mass is 331 g/mol. The van der Waals surface area contributed by atoms with Crippen LogP contribution in [-0.2, 0) is 16.8 Å². The van der Waals surface area contributed by atoms with E-state index in [1.807, 2.05) is 0 Å². The predicted molar refractivity (Wildman–Crippen MR) is 92.4 cm³/mol. The fraction of sp³-hybridized carbons (Fsp3) is 0.500. The van der Waals surface area contributed by atoms with E-state index >= 15 is 0 Å². The molecule has 2 aliphatic carbocycles. The summed E-state index contributed by atoms with van der Waals surface area (Å²) in [5.74, 6) is 0.390. The minimum Gasteiger partial charge on any atom is -0.335 e. The summed E-state index contributed by atoms with van der Waals surface area (Å²) in [6.45, 7) is 0.792. The highest BCUT2D eigenvalue weighted by molar-refractivity contribution is 7.10. The molecule has 0 N–H and O–H groups in total. The zero-order chi connectivity index (χ0) is 15.0. The Morgan fingerprint density at radius 1 is 1.23 bits per heavy atom. The standard InChI is InChI=1S/C18H21NOS2/c20-17(18(8-1-2-9-18)16-4-3-10-22-16)19(15-5-6-15)12-14-7-11-21-13-14/h3-4,7,10-11,13,15H,1-2,5-6,8-9,12H2. The molecule has 0 aromatic carbocycles. The fourth-order valence-corrected chi connectivity index (χ4v) is 5.34. The lowest BCUT2D eigenvalue weighted by Gasteiger charge is -2.34. The summed E-state index contributed by atoms with van der Waals surface area (Å²) >= 11 is 3.48. The van der Waals surface area contributed by atoms with Gasteiger partial charge in [-0.3, -0.25) is 4.79 Å². The van der Waals surface area contributed by atoms with Crippen molar-refractivity contribution in [2.24, 2.45) is 0 Å².